The number of carboxylic acid groups (broad SMARTS) is 1. The highest BCUT2D eigenvalue weighted by Gasteiger charge is 2.55. The lowest BCUT2D eigenvalue weighted by atomic mass is 10.1. The van der Waals surface area contributed by atoms with Crippen molar-refractivity contribution in [3.8, 4) is 11.5 Å². The Morgan fingerprint density at radius 1 is 1.08 bits per heavy atom. The number of nitrogens with one attached hydrogen (secondary N) is 1. The Morgan fingerprint density at radius 3 is 2.59 bits per heavy atom. The van der Waals surface area contributed by atoms with Crippen LogP contribution in [0.1, 0.15) is 18.4 Å². The Hall–Kier alpha value is -4.26. The average Bonchev–Trinajstić information content (AvgIpc) is 3.37. The lowest BCUT2D eigenvalue weighted by Crippen LogP contribution is -2.46. The van der Waals surface area contributed by atoms with Crippen LogP contribution in [-0.4, -0.2) is 69.2 Å². The minimum atomic E-state index is -4.88. The zero-order chi connectivity index (χ0) is 27.9. The van der Waals surface area contributed by atoms with Crippen molar-refractivity contribution in [1.82, 2.24) is 9.47 Å². The zero-order valence-corrected chi connectivity index (χ0v) is 20.4. The minimum absolute atomic E-state index is 0.0400. The maximum atomic E-state index is 13.5. The molecule has 2 aromatic carbocycles. The van der Waals surface area contributed by atoms with Gasteiger partial charge in [-0.25, -0.2) is 4.79 Å². The Bertz CT molecular complexity index is 1440. The summed E-state index contributed by atoms with van der Waals surface area (Å²) in [4.78, 5) is 39.9. The van der Waals surface area contributed by atoms with E-state index in [2.05, 4.69) is 10.1 Å². The number of rotatable bonds is 8. The number of carbonyl (C=O) groups excluding carboxylic acids is 2. The third-order valence-electron chi connectivity index (χ3n) is 6.80. The first-order valence-corrected chi connectivity index (χ1v) is 12.1. The van der Waals surface area contributed by atoms with E-state index in [1.807, 2.05) is 0 Å². The molecule has 0 unspecified atom stereocenters. The van der Waals surface area contributed by atoms with Crippen molar-refractivity contribution < 1.29 is 47.2 Å². The summed E-state index contributed by atoms with van der Waals surface area (Å²) in [7, 11) is 0. The number of piperidine rings is 1. The molecule has 5 rings (SSSR count). The highest BCUT2D eigenvalue weighted by molar-refractivity contribution is 6.00. The molecule has 3 aromatic rings. The molecule has 0 bridgehead atoms. The molecule has 1 saturated heterocycles. The van der Waals surface area contributed by atoms with Gasteiger partial charge in [0.25, 0.3) is 0 Å². The van der Waals surface area contributed by atoms with Gasteiger partial charge in [-0.05, 0) is 54.7 Å². The third-order valence-corrected chi connectivity index (χ3v) is 6.80. The predicted octanol–water partition coefficient (Wildman–Crippen LogP) is 3.61. The molecule has 13 heteroatoms. The van der Waals surface area contributed by atoms with Crippen LogP contribution in [0.25, 0.3) is 10.9 Å². The first kappa shape index (κ1) is 26.4. The van der Waals surface area contributed by atoms with Gasteiger partial charge in [0.1, 0.15) is 24.1 Å². The number of amides is 2. The van der Waals surface area contributed by atoms with Crippen LogP contribution in [0.2, 0.25) is 0 Å². The zero-order valence-electron chi connectivity index (χ0n) is 20.4. The summed E-state index contributed by atoms with van der Waals surface area (Å²) >= 11 is 0. The van der Waals surface area contributed by atoms with Gasteiger partial charge in [0, 0.05) is 29.4 Å². The molecule has 2 heterocycles. The second-order valence-corrected chi connectivity index (χ2v) is 9.42. The van der Waals surface area contributed by atoms with E-state index in [0.717, 1.165) is 23.1 Å². The smallest absolute Gasteiger partial charge is 0.491 e. The number of alkyl halides is 3. The number of carbonyl (C=O) groups is 3. The van der Waals surface area contributed by atoms with E-state index >= 15 is 0 Å². The molecule has 1 saturated carbocycles. The number of hydrogen-bond donors (Lipinski definition) is 3. The van der Waals surface area contributed by atoms with E-state index in [4.69, 9.17) is 9.84 Å². The molecule has 206 valence electrons. The monoisotopic (exact) mass is 547 g/mol. The molecular weight excluding hydrogens is 523 g/mol. The van der Waals surface area contributed by atoms with Crippen LogP contribution in [0.15, 0.2) is 48.7 Å². The molecule has 3 N–H and O–H groups in total. The van der Waals surface area contributed by atoms with Gasteiger partial charge < -0.3 is 29.9 Å². The van der Waals surface area contributed by atoms with Crippen LogP contribution in [0.5, 0.6) is 11.5 Å². The number of hydrogen-bond acceptors (Lipinski definition) is 6. The summed E-state index contributed by atoms with van der Waals surface area (Å²) in [5.74, 6) is -0.860. The molecule has 1 aromatic heterocycles. The normalized spacial score (nSPS) is 20.0. The van der Waals surface area contributed by atoms with Crippen LogP contribution < -0.4 is 14.8 Å². The van der Waals surface area contributed by atoms with Gasteiger partial charge in [-0.2, -0.15) is 0 Å². The number of benzene rings is 2. The maximum absolute atomic E-state index is 13.5. The van der Waals surface area contributed by atoms with Crippen LogP contribution in [-0.2, 0) is 16.0 Å². The highest BCUT2D eigenvalue weighted by atomic mass is 19.4. The maximum Gasteiger partial charge on any atom is 0.573 e. The van der Waals surface area contributed by atoms with E-state index < -0.39 is 30.2 Å². The summed E-state index contributed by atoms with van der Waals surface area (Å²) in [6.45, 7) is -0.168. The third kappa shape index (κ3) is 5.62. The van der Waals surface area contributed by atoms with Crippen molar-refractivity contribution in [2.45, 2.75) is 37.7 Å². The van der Waals surface area contributed by atoms with Crippen LogP contribution in [0, 0.1) is 5.92 Å². The van der Waals surface area contributed by atoms with Gasteiger partial charge in [-0.1, -0.05) is 6.07 Å². The molecule has 1 aliphatic heterocycles. The number of likely N-dealkylation sites (tertiary alicyclic amines) is 1. The lowest BCUT2D eigenvalue weighted by Gasteiger charge is -2.27. The van der Waals surface area contributed by atoms with Crippen molar-refractivity contribution in [2.75, 3.05) is 18.5 Å². The van der Waals surface area contributed by atoms with Crippen molar-refractivity contribution in [3.63, 3.8) is 0 Å². The molecule has 1 aliphatic carbocycles. The van der Waals surface area contributed by atoms with E-state index in [1.165, 1.54) is 23.2 Å². The number of nitrogens with zero attached hydrogens (tertiary/aromatic N) is 2. The molecule has 2 aliphatic rings. The molecule has 2 fully saturated rings. The van der Waals surface area contributed by atoms with Gasteiger partial charge in [0.05, 0.1) is 18.5 Å². The lowest BCUT2D eigenvalue weighted by molar-refractivity contribution is -0.274. The second kappa shape index (κ2) is 10.1. The number of ether oxygens (including phenoxy) is 2. The van der Waals surface area contributed by atoms with Crippen molar-refractivity contribution in [1.29, 1.82) is 0 Å². The first-order chi connectivity index (χ1) is 18.5. The number of halogens is 3. The van der Waals surface area contributed by atoms with Crippen molar-refractivity contribution in [2.24, 2.45) is 5.92 Å². The molecule has 2 amide bonds. The Morgan fingerprint density at radius 2 is 1.87 bits per heavy atom. The summed E-state index contributed by atoms with van der Waals surface area (Å²) in [5.41, 5.74) is 0.865. The molecule has 0 radical (unpaired) electrons. The number of aromatic nitrogens is 1. The topological polar surface area (TPSA) is 130 Å². The highest BCUT2D eigenvalue weighted by Crippen LogP contribution is 2.48. The molecular formula is C26H24F3N3O7. The Labute approximate surface area is 219 Å². The molecule has 3 atom stereocenters. The SMILES string of the molecule is O=C(Nc1cccc(OC(F)(F)F)c1)[C@@H]1C[C@H]2C[C@H]2N1C(=O)Cc1cn(C(=O)O)c2ccc(OCCO)cc12. The fourth-order valence-electron chi connectivity index (χ4n) is 5.13. The van der Waals surface area contributed by atoms with Gasteiger partial charge in [0.15, 0.2) is 0 Å². The molecule has 0 spiro atoms. The summed E-state index contributed by atoms with van der Waals surface area (Å²) < 4.78 is 48.0. The van der Waals surface area contributed by atoms with Gasteiger partial charge >= 0.3 is 12.5 Å². The summed E-state index contributed by atoms with van der Waals surface area (Å²) in [6.07, 6.45) is -3.80. The number of fused-ring (bicyclic) bond motifs is 2. The number of aliphatic hydroxyl groups excluding tert-OH is 1. The van der Waals surface area contributed by atoms with Crippen LogP contribution in [0.4, 0.5) is 23.7 Å². The number of anilines is 1. The fraction of sp³-hybridized carbons (Fsp3) is 0.346. The van der Waals surface area contributed by atoms with E-state index in [9.17, 15) is 32.7 Å². The van der Waals surface area contributed by atoms with E-state index in [1.54, 1.807) is 18.2 Å². The van der Waals surface area contributed by atoms with E-state index in [-0.39, 0.29) is 43.2 Å². The predicted molar refractivity (Wildman–Crippen MR) is 131 cm³/mol. The van der Waals surface area contributed by atoms with E-state index in [0.29, 0.717) is 28.6 Å². The Balaban J connectivity index is 1.35. The van der Waals surface area contributed by atoms with Crippen LogP contribution in [0.3, 0.4) is 0 Å². The van der Waals surface area contributed by atoms with Gasteiger partial charge in [0.2, 0.25) is 11.8 Å². The standard InChI is InChI=1S/C26H24F3N3O7/c27-26(28,29)39-18-3-1-2-16(11-18)30-24(35)22-9-14-8-21(14)32(22)23(34)10-15-13-31(25(36)37)20-5-4-17(12-19(15)20)38-7-6-33/h1-5,11-14,21-22,33H,6-10H2,(H,30,35)(H,36,37)/t14-,21-,22+/m1/s1. The average molecular weight is 547 g/mol. The minimum Gasteiger partial charge on any atom is -0.491 e. The number of aliphatic hydroxyl groups is 1. The fourth-order valence-corrected chi connectivity index (χ4v) is 5.13. The summed E-state index contributed by atoms with van der Waals surface area (Å²) in [5, 5.41) is 21.7. The molecule has 39 heavy (non-hydrogen) atoms. The van der Waals surface area contributed by atoms with Crippen molar-refractivity contribution in [3.05, 3.63) is 54.2 Å². The summed E-state index contributed by atoms with van der Waals surface area (Å²) in [6, 6.07) is 8.62. The first-order valence-electron chi connectivity index (χ1n) is 12.1. The quantitative estimate of drug-likeness (QED) is 0.393. The Kier molecular flexibility index (Phi) is 6.85. The largest absolute Gasteiger partial charge is 0.573 e. The second-order valence-electron chi connectivity index (χ2n) is 9.42. The van der Waals surface area contributed by atoms with Gasteiger partial charge in [-0.3, -0.25) is 14.2 Å². The molecule has 10 nitrogen and oxygen atoms in total. The van der Waals surface area contributed by atoms with Gasteiger partial charge in [-0.15, -0.1) is 13.2 Å². The van der Waals surface area contributed by atoms with Crippen molar-refractivity contribution >= 4 is 34.5 Å². The van der Waals surface area contributed by atoms with Crippen LogP contribution >= 0.6 is 0 Å².